The monoisotopic (exact) mass is 410 g/mol. The first kappa shape index (κ1) is 23.2. The van der Waals surface area contributed by atoms with Gasteiger partial charge in [0.25, 0.3) is 0 Å². The van der Waals surface area contributed by atoms with Crippen molar-refractivity contribution in [1.82, 2.24) is 0 Å². The predicted octanol–water partition coefficient (Wildman–Crippen LogP) is 5.00. The van der Waals surface area contributed by atoms with Crippen LogP contribution in [0.25, 0.3) is 0 Å². The van der Waals surface area contributed by atoms with Crippen LogP contribution in [0.3, 0.4) is 0 Å². The summed E-state index contributed by atoms with van der Waals surface area (Å²) in [7, 11) is 4.72. The third-order valence-electron chi connectivity index (χ3n) is 3.90. The Balaban J connectivity index is 0.000000855. The molecule has 2 N–H and O–H groups in total. The van der Waals surface area contributed by atoms with E-state index >= 15 is 0 Å². The SMILES string of the molecule is CO.CO.Fc1ccc(C(P)(c2ccc(Cl)cc2)c2ccccc2F)cc1. The maximum Gasteiger partial charge on any atom is 0.127 e. The van der Waals surface area contributed by atoms with Crippen LogP contribution >= 0.6 is 20.8 Å². The van der Waals surface area contributed by atoms with Crippen molar-refractivity contribution in [2.45, 2.75) is 5.16 Å². The lowest BCUT2D eigenvalue weighted by Crippen LogP contribution is -2.23. The largest absolute Gasteiger partial charge is 0.400 e. The summed E-state index contributed by atoms with van der Waals surface area (Å²) in [6.07, 6.45) is 0. The van der Waals surface area contributed by atoms with Gasteiger partial charge in [-0.25, -0.2) is 8.78 Å². The Morgan fingerprint density at radius 2 is 1.19 bits per heavy atom. The lowest BCUT2D eigenvalue weighted by Gasteiger charge is -2.32. The summed E-state index contributed by atoms with van der Waals surface area (Å²) in [4.78, 5) is 0. The molecule has 0 saturated carbocycles. The molecule has 0 aromatic heterocycles. The van der Waals surface area contributed by atoms with E-state index in [0.29, 0.717) is 10.6 Å². The number of benzene rings is 3. The molecule has 27 heavy (non-hydrogen) atoms. The van der Waals surface area contributed by atoms with Crippen molar-refractivity contribution in [3.05, 3.63) is 106 Å². The van der Waals surface area contributed by atoms with E-state index in [0.717, 1.165) is 25.3 Å². The Bertz CT molecular complexity index is 779. The van der Waals surface area contributed by atoms with Crippen molar-refractivity contribution in [3.63, 3.8) is 0 Å². The Morgan fingerprint density at radius 3 is 1.67 bits per heavy atom. The van der Waals surface area contributed by atoms with Crippen LogP contribution < -0.4 is 0 Å². The number of hydrogen-bond donors (Lipinski definition) is 2. The van der Waals surface area contributed by atoms with Gasteiger partial charge < -0.3 is 10.2 Å². The molecule has 144 valence electrons. The molecule has 3 aromatic carbocycles. The third-order valence-corrected chi connectivity index (χ3v) is 5.13. The van der Waals surface area contributed by atoms with Gasteiger partial charge in [-0.1, -0.05) is 54.1 Å². The molecule has 3 rings (SSSR count). The fourth-order valence-corrected chi connectivity index (χ4v) is 3.43. The third kappa shape index (κ3) is 5.33. The molecule has 0 aliphatic rings. The lowest BCUT2D eigenvalue weighted by molar-refractivity contribution is 0.399. The number of hydrogen-bond acceptors (Lipinski definition) is 2. The van der Waals surface area contributed by atoms with Crippen molar-refractivity contribution in [2.75, 3.05) is 14.2 Å². The molecule has 2 unspecified atom stereocenters. The molecule has 0 radical (unpaired) electrons. The van der Waals surface area contributed by atoms with Crippen LogP contribution in [0.4, 0.5) is 8.78 Å². The average molecular weight is 411 g/mol. The lowest BCUT2D eigenvalue weighted by atomic mass is 9.83. The molecule has 0 saturated heterocycles. The van der Waals surface area contributed by atoms with E-state index in [1.54, 1.807) is 42.5 Å². The van der Waals surface area contributed by atoms with Gasteiger partial charge in [-0.15, -0.1) is 9.24 Å². The molecule has 0 aliphatic carbocycles. The zero-order valence-electron chi connectivity index (χ0n) is 15.0. The quantitative estimate of drug-likeness (QED) is 0.471. The first-order chi connectivity index (χ1) is 13.0. The normalized spacial score (nSPS) is 12.0. The van der Waals surface area contributed by atoms with Crippen LogP contribution in [-0.2, 0) is 5.16 Å². The number of aliphatic hydroxyl groups excluding tert-OH is 2. The Hall–Kier alpha value is -1.84. The van der Waals surface area contributed by atoms with E-state index in [1.807, 2.05) is 12.1 Å². The van der Waals surface area contributed by atoms with Gasteiger partial charge in [-0.2, -0.15) is 0 Å². The van der Waals surface area contributed by atoms with Gasteiger partial charge in [0.15, 0.2) is 0 Å². The van der Waals surface area contributed by atoms with Crippen LogP contribution in [0.1, 0.15) is 16.7 Å². The molecule has 2 atom stereocenters. The van der Waals surface area contributed by atoms with Crippen LogP contribution in [0, 0.1) is 11.6 Å². The summed E-state index contributed by atoms with van der Waals surface area (Å²) in [5, 5.41) is 13.8. The van der Waals surface area contributed by atoms with Crippen molar-refractivity contribution in [2.24, 2.45) is 0 Å². The second-order valence-electron chi connectivity index (χ2n) is 5.30. The van der Waals surface area contributed by atoms with Gasteiger partial charge in [0.2, 0.25) is 0 Å². The number of aliphatic hydroxyl groups is 2. The topological polar surface area (TPSA) is 40.5 Å². The zero-order chi connectivity index (χ0) is 20.4. The molecular weight excluding hydrogens is 389 g/mol. The Labute approximate surface area is 165 Å². The van der Waals surface area contributed by atoms with Crippen LogP contribution in [-0.4, -0.2) is 24.4 Å². The summed E-state index contributed by atoms with van der Waals surface area (Å²) in [6, 6.07) is 19.9. The number of halogens is 3. The van der Waals surface area contributed by atoms with E-state index in [1.165, 1.54) is 18.2 Å². The van der Waals surface area contributed by atoms with Crippen molar-refractivity contribution < 1.29 is 19.0 Å². The molecule has 0 bridgehead atoms. The molecular formula is C21H22ClF2O2P. The highest BCUT2D eigenvalue weighted by molar-refractivity contribution is 7.19. The zero-order valence-corrected chi connectivity index (χ0v) is 16.9. The van der Waals surface area contributed by atoms with Gasteiger partial charge >= 0.3 is 0 Å². The Morgan fingerprint density at radius 1 is 0.741 bits per heavy atom. The standard InChI is InChI=1S/C19H14ClF2P.2CH4O/c20-15-9-5-13(6-10-15)19(23,14-7-11-16(21)12-8-14)17-3-1-2-4-18(17)22;2*1-2/h1-12H,23H2;2*2H,1H3. The highest BCUT2D eigenvalue weighted by Gasteiger charge is 2.33. The minimum atomic E-state index is -0.830. The van der Waals surface area contributed by atoms with Crippen molar-refractivity contribution >= 4 is 20.8 Å². The maximum atomic E-state index is 14.5. The molecule has 3 aromatic rings. The molecule has 0 fully saturated rings. The first-order valence-electron chi connectivity index (χ1n) is 7.97. The van der Waals surface area contributed by atoms with E-state index in [9.17, 15) is 8.78 Å². The molecule has 2 nitrogen and oxygen atoms in total. The highest BCUT2D eigenvalue weighted by atomic mass is 35.5. The van der Waals surface area contributed by atoms with E-state index in [-0.39, 0.29) is 11.6 Å². The van der Waals surface area contributed by atoms with E-state index in [4.69, 9.17) is 21.8 Å². The minimum Gasteiger partial charge on any atom is -0.400 e. The number of rotatable bonds is 3. The van der Waals surface area contributed by atoms with Gasteiger partial charge in [-0.3, -0.25) is 0 Å². The summed E-state index contributed by atoms with van der Waals surface area (Å²) >= 11 is 5.98. The minimum absolute atomic E-state index is 0.318. The second kappa shape index (κ2) is 11.1. The van der Waals surface area contributed by atoms with Gasteiger partial charge in [0, 0.05) is 24.8 Å². The summed E-state index contributed by atoms with van der Waals surface area (Å²) in [5.41, 5.74) is 2.12. The van der Waals surface area contributed by atoms with Gasteiger partial charge in [0.1, 0.15) is 11.6 Å². The molecule has 0 aliphatic heterocycles. The smallest absolute Gasteiger partial charge is 0.127 e. The van der Waals surface area contributed by atoms with Gasteiger partial charge in [0.05, 0.1) is 5.16 Å². The predicted molar refractivity (Wildman–Crippen MR) is 110 cm³/mol. The summed E-state index contributed by atoms with van der Waals surface area (Å²) < 4.78 is 27.8. The first-order valence-corrected chi connectivity index (χ1v) is 8.93. The van der Waals surface area contributed by atoms with Crippen molar-refractivity contribution in [3.8, 4) is 0 Å². The Kier molecular flexibility index (Phi) is 9.54. The van der Waals surface area contributed by atoms with Crippen LogP contribution in [0.5, 0.6) is 0 Å². The fourth-order valence-electron chi connectivity index (χ4n) is 2.68. The average Bonchev–Trinajstić information content (AvgIpc) is 2.72. The molecule has 0 heterocycles. The summed E-state index contributed by atoms with van der Waals surface area (Å²) in [5.74, 6) is -0.646. The van der Waals surface area contributed by atoms with Crippen LogP contribution in [0.15, 0.2) is 72.8 Å². The molecule has 0 amide bonds. The van der Waals surface area contributed by atoms with E-state index < -0.39 is 5.16 Å². The van der Waals surface area contributed by atoms with Gasteiger partial charge in [-0.05, 0) is 41.5 Å². The van der Waals surface area contributed by atoms with E-state index in [2.05, 4.69) is 9.24 Å². The maximum absolute atomic E-state index is 14.5. The fraction of sp³-hybridized carbons (Fsp3) is 0.143. The second-order valence-corrected chi connectivity index (χ2v) is 6.60. The van der Waals surface area contributed by atoms with Crippen molar-refractivity contribution in [1.29, 1.82) is 0 Å². The molecule has 6 heteroatoms. The van der Waals surface area contributed by atoms with Crippen LogP contribution in [0.2, 0.25) is 5.02 Å². The highest BCUT2D eigenvalue weighted by Crippen LogP contribution is 2.46. The summed E-state index contributed by atoms with van der Waals surface area (Å²) in [6.45, 7) is 0. The molecule has 0 spiro atoms.